The van der Waals surface area contributed by atoms with Gasteiger partial charge >= 0.3 is 0 Å². The maximum atomic E-state index is 13.7. The Bertz CT molecular complexity index is 514. The van der Waals surface area contributed by atoms with Crippen LogP contribution in [-0.4, -0.2) is 24.2 Å². The number of halogens is 2. The van der Waals surface area contributed by atoms with Gasteiger partial charge in [0.2, 0.25) is 0 Å². The van der Waals surface area contributed by atoms with Crippen molar-refractivity contribution < 1.29 is 18.7 Å². The van der Waals surface area contributed by atoms with Crippen molar-refractivity contribution in [3.05, 3.63) is 29.3 Å². The van der Waals surface area contributed by atoms with Crippen LogP contribution in [0.4, 0.5) is 14.5 Å². The van der Waals surface area contributed by atoms with Crippen molar-refractivity contribution in [2.75, 3.05) is 18.9 Å². The molecule has 1 aromatic carbocycles. The molecule has 110 valence electrons. The van der Waals surface area contributed by atoms with Crippen LogP contribution >= 0.6 is 0 Å². The lowest BCUT2D eigenvalue weighted by Gasteiger charge is -2.26. The number of nitrogens with one attached hydrogen (secondary N) is 1. The van der Waals surface area contributed by atoms with Crippen molar-refractivity contribution in [2.24, 2.45) is 5.41 Å². The summed E-state index contributed by atoms with van der Waals surface area (Å²) in [6.07, 6.45) is 3.63. The zero-order chi connectivity index (χ0) is 14.8. The number of aliphatic hydroxyl groups is 1. The third-order valence-electron chi connectivity index (χ3n) is 3.93. The number of hydrogen-bond donors (Lipinski definition) is 3. The maximum Gasteiger partial charge on any atom is 0.254 e. The highest BCUT2D eigenvalue weighted by molar-refractivity contribution is 5.95. The van der Waals surface area contributed by atoms with Gasteiger partial charge in [-0.2, -0.15) is 0 Å². The number of nitrogens with two attached hydrogens (primary N) is 1. The summed E-state index contributed by atoms with van der Waals surface area (Å²) in [5.41, 5.74) is 4.15. The van der Waals surface area contributed by atoms with E-state index in [2.05, 4.69) is 5.32 Å². The van der Waals surface area contributed by atoms with E-state index in [1.807, 2.05) is 0 Å². The molecule has 0 radical (unpaired) electrons. The standard InChI is InChI=1S/C14H18F2N2O2/c15-9-5-10(12(16)11(17)6-9)13(20)18-7-14(8-19)3-1-2-4-14/h5-6,19H,1-4,7-8,17H2,(H,18,20). The van der Waals surface area contributed by atoms with E-state index in [0.29, 0.717) is 0 Å². The molecule has 2 rings (SSSR count). The van der Waals surface area contributed by atoms with Crippen LogP contribution < -0.4 is 11.1 Å². The Morgan fingerprint density at radius 1 is 1.35 bits per heavy atom. The molecule has 1 aromatic rings. The number of amides is 1. The minimum Gasteiger partial charge on any atom is -0.396 e. The number of anilines is 1. The van der Waals surface area contributed by atoms with E-state index in [-0.39, 0.29) is 18.6 Å². The minimum absolute atomic E-state index is 0.0267. The lowest BCUT2D eigenvalue weighted by Crippen LogP contribution is -2.38. The van der Waals surface area contributed by atoms with Crippen LogP contribution in [0.15, 0.2) is 12.1 Å². The van der Waals surface area contributed by atoms with Gasteiger partial charge in [-0.15, -0.1) is 0 Å². The molecular weight excluding hydrogens is 266 g/mol. The van der Waals surface area contributed by atoms with Gasteiger partial charge in [-0.1, -0.05) is 12.8 Å². The van der Waals surface area contributed by atoms with Gasteiger partial charge in [0.1, 0.15) is 5.82 Å². The molecule has 1 saturated carbocycles. The fourth-order valence-corrected chi connectivity index (χ4v) is 2.65. The predicted molar refractivity (Wildman–Crippen MR) is 71.1 cm³/mol. The molecule has 0 saturated heterocycles. The van der Waals surface area contributed by atoms with E-state index in [1.165, 1.54) is 0 Å². The molecule has 20 heavy (non-hydrogen) atoms. The number of benzene rings is 1. The molecule has 0 atom stereocenters. The zero-order valence-electron chi connectivity index (χ0n) is 11.1. The minimum atomic E-state index is -0.923. The van der Waals surface area contributed by atoms with Gasteiger partial charge in [-0.05, 0) is 25.0 Å². The number of nitrogen functional groups attached to an aromatic ring is 1. The monoisotopic (exact) mass is 284 g/mol. The third kappa shape index (κ3) is 2.90. The summed E-state index contributed by atoms with van der Waals surface area (Å²) in [5, 5.41) is 12.0. The SMILES string of the molecule is Nc1cc(F)cc(C(=O)NCC2(CO)CCCC2)c1F. The van der Waals surface area contributed by atoms with Crippen molar-refractivity contribution >= 4 is 11.6 Å². The topological polar surface area (TPSA) is 75.4 Å². The van der Waals surface area contributed by atoms with Gasteiger partial charge in [0, 0.05) is 12.0 Å². The lowest BCUT2D eigenvalue weighted by molar-refractivity contribution is 0.0876. The van der Waals surface area contributed by atoms with Gasteiger partial charge in [-0.25, -0.2) is 8.78 Å². The van der Waals surface area contributed by atoms with Crippen LogP contribution in [0.25, 0.3) is 0 Å². The maximum absolute atomic E-state index is 13.7. The Morgan fingerprint density at radius 2 is 2.00 bits per heavy atom. The largest absolute Gasteiger partial charge is 0.396 e. The molecule has 0 bridgehead atoms. The molecule has 0 heterocycles. The molecule has 1 aliphatic rings. The summed E-state index contributed by atoms with van der Waals surface area (Å²) >= 11 is 0. The molecule has 4 N–H and O–H groups in total. The van der Waals surface area contributed by atoms with Gasteiger partial charge in [-0.3, -0.25) is 4.79 Å². The van der Waals surface area contributed by atoms with E-state index in [0.717, 1.165) is 37.8 Å². The Morgan fingerprint density at radius 3 is 2.60 bits per heavy atom. The van der Waals surface area contributed by atoms with Crippen molar-refractivity contribution in [1.82, 2.24) is 5.32 Å². The molecule has 1 fully saturated rings. The molecular formula is C14H18F2N2O2. The van der Waals surface area contributed by atoms with Crippen molar-refractivity contribution in [3.8, 4) is 0 Å². The summed E-state index contributed by atoms with van der Waals surface area (Å²) in [5.74, 6) is -2.39. The van der Waals surface area contributed by atoms with E-state index in [4.69, 9.17) is 5.73 Å². The van der Waals surface area contributed by atoms with Crippen molar-refractivity contribution in [3.63, 3.8) is 0 Å². The van der Waals surface area contributed by atoms with Crippen molar-refractivity contribution in [2.45, 2.75) is 25.7 Å². The highest BCUT2D eigenvalue weighted by Crippen LogP contribution is 2.37. The van der Waals surface area contributed by atoms with Crippen LogP contribution in [0.3, 0.4) is 0 Å². The third-order valence-corrected chi connectivity index (χ3v) is 3.93. The molecule has 0 aromatic heterocycles. The highest BCUT2D eigenvalue weighted by Gasteiger charge is 2.33. The van der Waals surface area contributed by atoms with Crippen LogP contribution in [0.1, 0.15) is 36.0 Å². The Hall–Kier alpha value is -1.69. The Labute approximate surface area is 116 Å². The molecule has 1 amide bonds. The highest BCUT2D eigenvalue weighted by atomic mass is 19.1. The van der Waals surface area contributed by atoms with E-state index in [1.54, 1.807) is 0 Å². The first kappa shape index (κ1) is 14.7. The fourth-order valence-electron chi connectivity index (χ4n) is 2.65. The number of aliphatic hydroxyl groups excluding tert-OH is 1. The Kier molecular flexibility index (Phi) is 4.23. The molecule has 0 spiro atoms. The second-order valence-corrected chi connectivity index (χ2v) is 5.40. The zero-order valence-corrected chi connectivity index (χ0v) is 11.1. The van der Waals surface area contributed by atoms with E-state index < -0.39 is 28.8 Å². The first-order chi connectivity index (χ1) is 9.47. The first-order valence-electron chi connectivity index (χ1n) is 6.61. The molecule has 1 aliphatic carbocycles. The lowest BCUT2D eigenvalue weighted by atomic mass is 9.87. The predicted octanol–water partition coefficient (Wildman–Crippen LogP) is 1.83. The van der Waals surface area contributed by atoms with Crippen LogP contribution in [0.5, 0.6) is 0 Å². The smallest absolute Gasteiger partial charge is 0.254 e. The quantitative estimate of drug-likeness (QED) is 0.738. The van der Waals surface area contributed by atoms with Gasteiger partial charge in [0.25, 0.3) is 5.91 Å². The second kappa shape index (κ2) is 5.75. The number of hydrogen-bond acceptors (Lipinski definition) is 3. The fraction of sp³-hybridized carbons (Fsp3) is 0.500. The van der Waals surface area contributed by atoms with Crippen LogP contribution in [0, 0.1) is 17.0 Å². The summed E-state index contributed by atoms with van der Waals surface area (Å²) in [6, 6.07) is 1.65. The molecule has 0 unspecified atom stereocenters. The number of carbonyl (C=O) groups excluding carboxylic acids is 1. The van der Waals surface area contributed by atoms with Crippen LogP contribution in [-0.2, 0) is 0 Å². The second-order valence-electron chi connectivity index (χ2n) is 5.40. The van der Waals surface area contributed by atoms with Gasteiger partial charge < -0.3 is 16.2 Å². The van der Waals surface area contributed by atoms with E-state index in [9.17, 15) is 18.7 Å². The normalized spacial score (nSPS) is 17.1. The summed E-state index contributed by atoms with van der Waals surface area (Å²) in [7, 11) is 0. The summed E-state index contributed by atoms with van der Waals surface area (Å²) in [6.45, 7) is 0.221. The average Bonchev–Trinajstić information content (AvgIpc) is 2.89. The number of rotatable bonds is 4. The Balaban J connectivity index is 2.09. The van der Waals surface area contributed by atoms with Crippen LogP contribution in [0.2, 0.25) is 0 Å². The molecule has 0 aliphatic heterocycles. The van der Waals surface area contributed by atoms with Crippen molar-refractivity contribution in [1.29, 1.82) is 0 Å². The molecule has 4 nitrogen and oxygen atoms in total. The van der Waals surface area contributed by atoms with Gasteiger partial charge in [0.05, 0.1) is 17.9 Å². The summed E-state index contributed by atoms with van der Waals surface area (Å²) in [4.78, 5) is 11.9. The summed E-state index contributed by atoms with van der Waals surface area (Å²) < 4.78 is 26.9. The average molecular weight is 284 g/mol. The first-order valence-corrected chi connectivity index (χ1v) is 6.61. The van der Waals surface area contributed by atoms with E-state index >= 15 is 0 Å². The van der Waals surface area contributed by atoms with Gasteiger partial charge in [0.15, 0.2) is 5.82 Å². The molecule has 6 heteroatoms. The number of carbonyl (C=O) groups is 1.